The summed E-state index contributed by atoms with van der Waals surface area (Å²) in [5.41, 5.74) is 0. The van der Waals surface area contributed by atoms with Crippen LogP contribution in [0.4, 0.5) is 0 Å². The number of aliphatic hydroxyl groups excluding tert-OH is 2. The lowest BCUT2D eigenvalue weighted by Gasteiger charge is -2.21. The van der Waals surface area contributed by atoms with Gasteiger partial charge in [0.05, 0.1) is 0 Å². The molecular formula is C19H39N3O4. The monoisotopic (exact) mass is 373 g/mol. The largest absolute Gasteiger partial charge is 0.396 e. The highest BCUT2D eigenvalue weighted by atomic mass is 16.3. The third-order valence-electron chi connectivity index (χ3n) is 4.05. The summed E-state index contributed by atoms with van der Waals surface area (Å²) < 4.78 is 0. The minimum absolute atomic E-state index is 0.00417. The zero-order valence-electron chi connectivity index (χ0n) is 16.9. The summed E-state index contributed by atoms with van der Waals surface area (Å²) >= 11 is 0. The molecule has 1 unspecified atom stereocenters. The molecule has 7 heteroatoms. The molecule has 5 N–H and O–H groups in total. The van der Waals surface area contributed by atoms with Crippen LogP contribution in [-0.4, -0.2) is 59.9 Å². The average molecular weight is 374 g/mol. The molecule has 0 fully saturated rings. The molecule has 1 atom stereocenters. The van der Waals surface area contributed by atoms with E-state index < -0.39 is 0 Å². The second-order valence-corrected chi connectivity index (χ2v) is 7.56. The van der Waals surface area contributed by atoms with E-state index in [2.05, 4.69) is 16.0 Å². The molecule has 0 radical (unpaired) electrons. The van der Waals surface area contributed by atoms with Crippen LogP contribution in [0.2, 0.25) is 0 Å². The molecule has 2 amide bonds. The van der Waals surface area contributed by atoms with Crippen molar-refractivity contribution in [1.82, 2.24) is 16.0 Å². The Kier molecular flexibility index (Phi) is 14.3. The highest BCUT2D eigenvalue weighted by Crippen LogP contribution is 2.07. The molecule has 0 aromatic rings. The molecule has 0 rings (SSSR count). The molecule has 7 nitrogen and oxygen atoms in total. The molecule has 0 aliphatic carbocycles. The van der Waals surface area contributed by atoms with Gasteiger partial charge in [0, 0.05) is 56.6 Å². The third kappa shape index (κ3) is 14.0. The van der Waals surface area contributed by atoms with Gasteiger partial charge in [0.2, 0.25) is 11.8 Å². The van der Waals surface area contributed by atoms with Gasteiger partial charge in [0.1, 0.15) is 0 Å². The fraction of sp³-hybridized carbons (Fsp3) is 0.895. The number of hydrogen-bond acceptors (Lipinski definition) is 5. The first-order valence-electron chi connectivity index (χ1n) is 9.82. The molecule has 0 aliphatic rings. The Morgan fingerprint density at radius 2 is 1.54 bits per heavy atom. The smallest absolute Gasteiger partial charge is 0.221 e. The van der Waals surface area contributed by atoms with Crippen LogP contribution < -0.4 is 16.0 Å². The van der Waals surface area contributed by atoms with Gasteiger partial charge in [-0.05, 0) is 33.1 Å². The Hall–Kier alpha value is -1.18. The second-order valence-electron chi connectivity index (χ2n) is 7.56. The fourth-order valence-electron chi connectivity index (χ4n) is 2.74. The van der Waals surface area contributed by atoms with Crippen LogP contribution >= 0.6 is 0 Å². The summed E-state index contributed by atoms with van der Waals surface area (Å²) in [5.74, 6) is -0.0751. The van der Waals surface area contributed by atoms with Crippen molar-refractivity contribution in [1.29, 1.82) is 0 Å². The van der Waals surface area contributed by atoms with Crippen molar-refractivity contribution in [2.75, 3.05) is 19.8 Å². The van der Waals surface area contributed by atoms with Gasteiger partial charge in [-0.2, -0.15) is 0 Å². The quantitative estimate of drug-likeness (QED) is 0.274. The number of amides is 2. The number of carbonyl (C=O) groups is 2. The van der Waals surface area contributed by atoms with Gasteiger partial charge in [0.15, 0.2) is 0 Å². The molecule has 26 heavy (non-hydrogen) atoms. The topological polar surface area (TPSA) is 111 Å². The molecule has 0 aromatic carbocycles. The van der Waals surface area contributed by atoms with E-state index in [9.17, 15) is 9.59 Å². The van der Waals surface area contributed by atoms with Crippen molar-refractivity contribution < 1.29 is 19.8 Å². The number of rotatable bonds is 15. The third-order valence-corrected chi connectivity index (χ3v) is 4.05. The minimum atomic E-state index is -0.0673. The van der Waals surface area contributed by atoms with E-state index >= 15 is 0 Å². The predicted molar refractivity (Wildman–Crippen MR) is 104 cm³/mol. The Morgan fingerprint density at radius 3 is 2.08 bits per heavy atom. The zero-order chi connectivity index (χ0) is 19.9. The normalized spacial score (nSPS) is 12.7. The Morgan fingerprint density at radius 1 is 0.885 bits per heavy atom. The van der Waals surface area contributed by atoms with Crippen molar-refractivity contribution in [3.63, 3.8) is 0 Å². The zero-order valence-corrected chi connectivity index (χ0v) is 16.9. The van der Waals surface area contributed by atoms with E-state index in [-0.39, 0.29) is 49.1 Å². The lowest BCUT2D eigenvalue weighted by molar-refractivity contribution is -0.123. The molecule has 0 saturated heterocycles. The van der Waals surface area contributed by atoms with Crippen molar-refractivity contribution in [3.05, 3.63) is 0 Å². The van der Waals surface area contributed by atoms with Gasteiger partial charge < -0.3 is 26.2 Å². The molecule has 0 bridgehead atoms. The van der Waals surface area contributed by atoms with Crippen LogP contribution in [0.1, 0.15) is 66.2 Å². The van der Waals surface area contributed by atoms with E-state index in [0.717, 1.165) is 19.3 Å². The summed E-state index contributed by atoms with van der Waals surface area (Å²) in [6.45, 7) is 8.49. The van der Waals surface area contributed by atoms with Crippen LogP contribution in [0, 0.1) is 5.92 Å². The number of unbranched alkanes of at least 4 members (excludes halogenated alkanes) is 1. The van der Waals surface area contributed by atoms with Crippen LogP contribution in [0.25, 0.3) is 0 Å². The Bertz CT molecular complexity index is 385. The maximum atomic E-state index is 12.1. The van der Waals surface area contributed by atoms with Crippen molar-refractivity contribution in [2.45, 2.75) is 84.3 Å². The van der Waals surface area contributed by atoms with Gasteiger partial charge >= 0.3 is 0 Å². The summed E-state index contributed by atoms with van der Waals surface area (Å²) in [6.07, 6.45) is 3.81. The van der Waals surface area contributed by atoms with Gasteiger partial charge in [-0.25, -0.2) is 0 Å². The first kappa shape index (κ1) is 24.8. The second kappa shape index (κ2) is 14.9. The maximum Gasteiger partial charge on any atom is 0.221 e. The van der Waals surface area contributed by atoms with Crippen molar-refractivity contribution >= 4 is 11.8 Å². The van der Waals surface area contributed by atoms with E-state index in [0.29, 0.717) is 25.8 Å². The standard InChI is InChI=1S/C19H39N3O4/c1-14(2)21-17(8-9-18(25)22-15(3)4)11-19(26)20-10-6-5-7-16(12-23)13-24/h14-17,21,23-24H,5-13H2,1-4H3,(H,20,26)(H,22,25). The average Bonchev–Trinajstić information content (AvgIpc) is 2.55. The predicted octanol–water partition coefficient (Wildman–Crippen LogP) is 0.935. The lowest BCUT2D eigenvalue weighted by Crippen LogP contribution is -2.40. The SMILES string of the molecule is CC(C)NC(=O)CCC(CC(=O)NCCCCC(CO)CO)NC(C)C. The molecule has 0 saturated carbocycles. The Labute approximate surface area is 158 Å². The van der Waals surface area contributed by atoms with Crippen molar-refractivity contribution in [3.8, 4) is 0 Å². The molecule has 0 aliphatic heterocycles. The highest BCUT2D eigenvalue weighted by molar-refractivity contribution is 5.77. The Balaban J connectivity index is 4.12. The number of hydrogen-bond donors (Lipinski definition) is 5. The molecule has 0 spiro atoms. The van der Waals surface area contributed by atoms with E-state index in [1.54, 1.807) is 0 Å². The van der Waals surface area contributed by atoms with Gasteiger partial charge in [-0.1, -0.05) is 20.3 Å². The van der Waals surface area contributed by atoms with Crippen LogP contribution in [0.3, 0.4) is 0 Å². The number of carbonyl (C=O) groups excluding carboxylic acids is 2. The van der Waals surface area contributed by atoms with E-state index in [1.165, 1.54) is 0 Å². The fourth-order valence-corrected chi connectivity index (χ4v) is 2.74. The van der Waals surface area contributed by atoms with Crippen LogP contribution in [0.5, 0.6) is 0 Å². The van der Waals surface area contributed by atoms with Crippen LogP contribution in [0.15, 0.2) is 0 Å². The summed E-state index contributed by atoms with van der Waals surface area (Å²) in [6, 6.07) is 0.342. The molecule has 0 aromatic heterocycles. The summed E-state index contributed by atoms with van der Waals surface area (Å²) in [5, 5.41) is 27.2. The number of nitrogens with one attached hydrogen (secondary N) is 3. The lowest BCUT2D eigenvalue weighted by atomic mass is 10.0. The van der Waals surface area contributed by atoms with Crippen LogP contribution in [-0.2, 0) is 9.59 Å². The first-order valence-corrected chi connectivity index (χ1v) is 9.82. The maximum absolute atomic E-state index is 12.1. The number of aliphatic hydroxyl groups is 2. The first-order chi connectivity index (χ1) is 12.3. The summed E-state index contributed by atoms with van der Waals surface area (Å²) in [7, 11) is 0. The van der Waals surface area contributed by atoms with Gasteiger partial charge in [-0.3, -0.25) is 9.59 Å². The minimum Gasteiger partial charge on any atom is -0.396 e. The molecule has 154 valence electrons. The highest BCUT2D eigenvalue weighted by Gasteiger charge is 2.16. The van der Waals surface area contributed by atoms with E-state index in [4.69, 9.17) is 10.2 Å². The van der Waals surface area contributed by atoms with Gasteiger partial charge in [-0.15, -0.1) is 0 Å². The van der Waals surface area contributed by atoms with Gasteiger partial charge in [0.25, 0.3) is 0 Å². The van der Waals surface area contributed by atoms with Crippen molar-refractivity contribution in [2.24, 2.45) is 5.92 Å². The summed E-state index contributed by atoms with van der Waals surface area (Å²) in [4.78, 5) is 23.9. The molecular weight excluding hydrogens is 334 g/mol. The van der Waals surface area contributed by atoms with E-state index in [1.807, 2.05) is 27.7 Å². The molecule has 0 heterocycles.